The third kappa shape index (κ3) is 5.88. The van der Waals surface area contributed by atoms with Crippen LogP contribution in [0.15, 0.2) is 152 Å². The molecule has 11 rings (SSSR count). The van der Waals surface area contributed by atoms with Gasteiger partial charge in [-0.05, 0) is 142 Å². The number of benzene rings is 7. The summed E-state index contributed by atoms with van der Waals surface area (Å²) in [5.74, 6) is 3.09. The summed E-state index contributed by atoms with van der Waals surface area (Å²) in [4.78, 5) is 2.65. The molecular weight excluding hydrogens is 687 g/mol. The topological polar surface area (TPSA) is 3.24 Å². The van der Waals surface area contributed by atoms with Crippen molar-refractivity contribution < 1.29 is 0 Å². The zero-order chi connectivity index (χ0) is 38.1. The molecule has 282 valence electrons. The minimum absolute atomic E-state index is 0.125. The molecular formula is C56H53N. The van der Waals surface area contributed by atoms with Crippen molar-refractivity contribution in [3.05, 3.63) is 174 Å². The van der Waals surface area contributed by atoms with Crippen LogP contribution >= 0.6 is 0 Å². The maximum atomic E-state index is 2.65. The van der Waals surface area contributed by atoms with Crippen LogP contribution in [0.25, 0.3) is 44.2 Å². The van der Waals surface area contributed by atoms with Gasteiger partial charge in [0, 0.05) is 22.1 Å². The van der Waals surface area contributed by atoms with Crippen LogP contribution in [0.5, 0.6) is 0 Å². The SMILES string of the molecule is CC1(C)c2ccccc2-c2cc(-c3ccc(-c4ccccc4)cc3)c(N(c3ccc(C4CC5CCC4C5)cc3)c3cccc4cccc(C5CCCCC5)c34)cc21. The van der Waals surface area contributed by atoms with Crippen LogP contribution < -0.4 is 4.90 Å². The van der Waals surface area contributed by atoms with Gasteiger partial charge < -0.3 is 4.90 Å². The molecule has 0 aromatic heterocycles. The quantitative estimate of drug-likeness (QED) is 0.157. The molecule has 7 aromatic rings. The van der Waals surface area contributed by atoms with Gasteiger partial charge in [-0.15, -0.1) is 0 Å². The molecule has 0 N–H and O–H groups in total. The Morgan fingerprint density at radius 3 is 1.98 bits per heavy atom. The van der Waals surface area contributed by atoms with E-state index >= 15 is 0 Å². The fourth-order valence-corrected chi connectivity index (χ4v) is 11.8. The lowest BCUT2D eigenvalue weighted by molar-refractivity contribution is 0.420. The molecule has 0 aliphatic heterocycles. The minimum Gasteiger partial charge on any atom is -0.309 e. The molecule has 3 saturated carbocycles. The van der Waals surface area contributed by atoms with E-state index < -0.39 is 0 Å². The maximum absolute atomic E-state index is 2.65. The van der Waals surface area contributed by atoms with Gasteiger partial charge in [0.1, 0.15) is 0 Å². The minimum atomic E-state index is -0.125. The fourth-order valence-electron chi connectivity index (χ4n) is 11.8. The maximum Gasteiger partial charge on any atom is 0.0543 e. The summed E-state index contributed by atoms with van der Waals surface area (Å²) < 4.78 is 0. The molecule has 57 heavy (non-hydrogen) atoms. The summed E-state index contributed by atoms with van der Waals surface area (Å²) in [5.41, 5.74) is 17.2. The second-order valence-electron chi connectivity index (χ2n) is 18.3. The zero-order valence-electron chi connectivity index (χ0n) is 33.6. The number of nitrogens with zero attached hydrogens (tertiary/aromatic N) is 1. The Kier molecular flexibility index (Phi) is 8.50. The van der Waals surface area contributed by atoms with E-state index in [4.69, 9.17) is 0 Å². The van der Waals surface area contributed by atoms with Crippen LogP contribution in [0.3, 0.4) is 0 Å². The number of fused-ring (bicyclic) bond motifs is 6. The van der Waals surface area contributed by atoms with Gasteiger partial charge in [-0.3, -0.25) is 0 Å². The first-order valence-electron chi connectivity index (χ1n) is 21.9. The summed E-state index contributed by atoms with van der Waals surface area (Å²) in [6, 6.07) is 58.3. The number of rotatable bonds is 7. The van der Waals surface area contributed by atoms with E-state index in [0.717, 1.165) is 11.8 Å². The Morgan fingerprint density at radius 1 is 0.509 bits per heavy atom. The summed E-state index contributed by atoms with van der Waals surface area (Å²) in [6.45, 7) is 4.84. The molecule has 1 nitrogen and oxygen atoms in total. The number of anilines is 3. The van der Waals surface area contributed by atoms with E-state index in [2.05, 4.69) is 170 Å². The molecule has 0 saturated heterocycles. The Morgan fingerprint density at radius 2 is 1.23 bits per heavy atom. The summed E-state index contributed by atoms with van der Waals surface area (Å²) in [7, 11) is 0. The first-order chi connectivity index (χ1) is 28.0. The molecule has 0 spiro atoms. The van der Waals surface area contributed by atoms with Crippen molar-refractivity contribution in [2.24, 2.45) is 11.8 Å². The first-order valence-corrected chi connectivity index (χ1v) is 21.9. The van der Waals surface area contributed by atoms with Gasteiger partial charge in [0.05, 0.1) is 11.4 Å². The van der Waals surface area contributed by atoms with Crippen LogP contribution in [0, 0.1) is 11.8 Å². The number of hydrogen-bond donors (Lipinski definition) is 0. The average Bonchev–Trinajstić information content (AvgIpc) is 3.97. The van der Waals surface area contributed by atoms with Crippen molar-refractivity contribution in [1.82, 2.24) is 0 Å². The van der Waals surface area contributed by atoms with Gasteiger partial charge in [-0.25, -0.2) is 0 Å². The predicted molar refractivity (Wildman–Crippen MR) is 241 cm³/mol. The molecule has 2 bridgehead atoms. The van der Waals surface area contributed by atoms with Crippen molar-refractivity contribution in [1.29, 1.82) is 0 Å². The molecule has 0 radical (unpaired) electrons. The molecule has 3 unspecified atom stereocenters. The fraction of sp³-hybridized carbons (Fsp3) is 0.286. The number of hydrogen-bond acceptors (Lipinski definition) is 1. The monoisotopic (exact) mass is 739 g/mol. The molecule has 7 aromatic carbocycles. The third-order valence-electron chi connectivity index (χ3n) is 14.8. The van der Waals surface area contributed by atoms with E-state index in [-0.39, 0.29) is 5.41 Å². The van der Waals surface area contributed by atoms with Crippen LogP contribution in [-0.2, 0) is 5.41 Å². The van der Waals surface area contributed by atoms with E-state index in [1.54, 1.807) is 0 Å². The van der Waals surface area contributed by atoms with Crippen molar-refractivity contribution >= 4 is 27.8 Å². The summed E-state index contributed by atoms with van der Waals surface area (Å²) >= 11 is 0. The Labute approximate surface area is 339 Å². The lowest BCUT2D eigenvalue weighted by Crippen LogP contribution is -2.18. The second kappa shape index (κ2) is 13.9. The lowest BCUT2D eigenvalue weighted by atomic mass is 9.81. The van der Waals surface area contributed by atoms with Gasteiger partial charge in [-0.2, -0.15) is 0 Å². The van der Waals surface area contributed by atoms with Crippen molar-refractivity contribution in [3.8, 4) is 33.4 Å². The molecule has 4 aliphatic rings. The highest BCUT2D eigenvalue weighted by Crippen LogP contribution is 2.56. The van der Waals surface area contributed by atoms with Crippen LogP contribution in [0.4, 0.5) is 17.1 Å². The van der Waals surface area contributed by atoms with E-state index in [1.807, 2.05) is 0 Å². The Hall–Kier alpha value is -5.40. The van der Waals surface area contributed by atoms with Gasteiger partial charge in [0.2, 0.25) is 0 Å². The highest BCUT2D eigenvalue weighted by molar-refractivity contribution is 6.04. The normalized spacial score (nSPS) is 20.8. The largest absolute Gasteiger partial charge is 0.309 e. The van der Waals surface area contributed by atoms with Gasteiger partial charge in [0.25, 0.3) is 0 Å². The van der Waals surface area contributed by atoms with Gasteiger partial charge >= 0.3 is 0 Å². The summed E-state index contributed by atoms with van der Waals surface area (Å²) in [5, 5.41) is 2.75. The van der Waals surface area contributed by atoms with E-state index in [9.17, 15) is 0 Å². The van der Waals surface area contributed by atoms with Gasteiger partial charge in [0.15, 0.2) is 0 Å². The average molecular weight is 740 g/mol. The Balaban J connectivity index is 1.16. The first kappa shape index (κ1) is 34.8. The lowest BCUT2D eigenvalue weighted by Gasteiger charge is -2.33. The standard InChI is InChI=1S/C56H53N/c1-56(2)51-21-10-9-19-47(51)50-35-49(42-27-25-39(26-28-42)38-13-5-3-6-14-38)54(36-52(50)56)57(45-31-29-41(30-32-45)48-34-37-23-24-44(48)33-37)53-22-12-18-43-17-11-20-46(55(43)53)40-15-7-4-8-16-40/h3,5-6,9-14,17-22,25-32,35-37,40,44,48H,4,7-8,15-16,23-24,33-34H2,1-2H3. The zero-order valence-corrected chi connectivity index (χ0v) is 33.6. The van der Waals surface area contributed by atoms with Crippen molar-refractivity contribution in [2.75, 3.05) is 4.90 Å². The third-order valence-corrected chi connectivity index (χ3v) is 14.8. The predicted octanol–water partition coefficient (Wildman–Crippen LogP) is 15.9. The van der Waals surface area contributed by atoms with E-state index in [0.29, 0.717) is 11.8 Å². The van der Waals surface area contributed by atoms with Gasteiger partial charge in [-0.1, -0.05) is 161 Å². The molecule has 3 fully saturated rings. The summed E-state index contributed by atoms with van der Waals surface area (Å²) in [6.07, 6.45) is 12.2. The van der Waals surface area contributed by atoms with Crippen molar-refractivity contribution in [3.63, 3.8) is 0 Å². The smallest absolute Gasteiger partial charge is 0.0543 e. The molecule has 0 heterocycles. The molecule has 1 heteroatoms. The second-order valence-corrected chi connectivity index (χ2v) is 18.3. The molecule has 3 atom stereocenters. The highest BCUT2D eigenvalue weighted by Gasteiger charge is 2.40. The van der Waals surface area contributed by atoms with Crippen LogP contribution in [0.2, 0.25) is 0 Å². The Bertz CT molecular complexity index is 2580. The molecule has 4 aliphatic carbocycles. The van der Waals surface area contributed by atoms with Crippen molar-refractivity contribution in [2.45, 2.75) is 88.9 Å². The highest BCUT2D eigenvalue weighted by atomic mass is 15.1. The van der Waals surface area contributed by atoms with Crippen LogP contribution in [0.1, 0.15) is 106 Å². The molecule has 0 amide bonds. The van der Waals surface area contributed by atoms with E-state index in [1.165, 1.54) is 141 Å². The van der Waals surface area contributed by atoms with Crippen LogP contribution in [-0.4, -0.2) is 0 Å².